The van der Waals surface area contributed by atoms with Crippen molar-refractivity contribution >= 4 is 0 Å². The minimum absolute atomic E-state index is 0.0926. The van der Waals surface area contributed by atoms with E-state index in [0.717, 1.165) is 12.8 Å². The molecule has 0 aromatic rings. The maximum absolute atomic E-state index is 12.7. The van der Waals surface area contributed by atoms with Gasteiger partial charge < -0.3 is 4.74 Å². The highest BCUT2D eigenvalue weighted by molar-refractivity contribution is 5.19. The van der Waals surface area contributed by atoms with Crippen molar-refractivity contribution in [3.63, 3.8) is 0 Å². The van der Waals surface area contributed by atoms with E-state index in [-0.39, 0.29) is 12.2 Å². The third kappa shape index (κ3) is 0.383. The normalized spacial score (nSPS) is 60.6. The number of ether oxygens (including phenoxy) is 1. The summed E-state index contributed by atoms with van der Waals surface area (Å²) >= 11 is 0. The van der Waals surface area contributed by atoms with Gasteiger partial charge in [0, 0.05) is 0 Å². The Labute approximate surface area is 57.4 Å². The summed E-state index contributed by atoms with van der Waals surface area (Å²) in [5.41, 5.74) is 0. The van der Waals surface area contributed by atoms with Gasteiger partial charge >= 0.3 is 0 Å². The molecule has 0 unspecified atom stereocenters. The van der Waals surface area contributed by atoms with E-state index < -0.39 is 17.8 Å². The summed E-state index contributed by atoms with van der Waals surface area (Å²) in [6.45, 7) is 0. The lowest BCUT2D eigenvalue weighted by Crippen LogP contribution is -2.15. The maximum atomic E-state index is 12.7. The van der Waals surface area contributed by atoms with Crippen molar-refractivity contribution in [3.05, 3.63) is 0 Å². The van der Waals surface area contributed by atoms with Crippen LogP contribution in [-0.2, 0) is 4.74 Å². The molecule has 10 heavy (non-hydrogen) atoms. The van der Waals surface area contributed by atoms with Crippen molar-refractivity contribution in [1.82, 2.24) is 0 Å². The fourth-order valence-corrected chi connectivity index (χ4v) is 2.55. The first kappa shape index (κ1) is 5.47. The minimum atomic E-state index is -2.36. The largest absolute Gasteiger partial charge is 0.374 e. The average Bonchev–Trinajstić information content (AvgIpc) is 2.37. The SMILES string of the molecule is FC1(F)[C@@H]2[C@H]1[C@H]1CC[C@@H]2O1. The lowest BCUT2D eigenvalue weighted by Gasteiger charge is -2.08. The molecule has 0 amide bonds. The van der Waals surface area contributed by atoms with E-state index in [0.29, 0.717) is 0 Å². The molecule has 4 atom stereocenters. The lowest BCUT2D eigenvalue weighted by molar-refractivity contribution is -0.0278. The van der Waals surface area contributed by atoms with Crippen LogP contribution < -0.4 is 0 Å². The number of hydrogen-bond acceptors (Lipinski definition) is 1. The van der Waals surface area contributed by atoms with E-state index >= 15 is 0 Å². The second kappa shape index (κ2) is 1.24. The Bertz CT molecular complexity index is 174. The zero-order chi connectivity index (χ0) is 6.93. The molecule has 0 aromatic heterocycles. The van der Waals surface area contributed by atoms with Gasteiger partial charge in [0.2, 0.25) is 0 Å². The number of rotatable bonds is 0. The molecule has 2 saturated heterocycles. The summed E-state index contributed by atoms with van der Waals surface area (Å²) in [5.74, 6) is -3.15. The molecule has 2 aliphatic heterocycles. The van der Waals surface area contributed by atoms with Gasteiger partial charge in [0.15, 0.2) is 0 Å². The van der Waals surface area contributed by atoms with Crippen molar-refractivity contribution in [2.45, 2.75) is 31.0 Å². The van der Waals surface area contributed by atoms with Crippen molar-refractivity contribution in [2.24, 2.45) is 11.8 Å². The summed E-state index contributed by atoms with van der Waals surface area (Å²) in [6.07, 6.45) is 1.54. The molecule has 3 aliphatic rings. The maximum Gasteiger partial charge on any atom is 0.259 e. The van der Waals surface area contributed by atoms with Crippen LogP contribution in [0.1, 0.15) is 12.8 Å². The highest BCUT2D eigenvalue weighted by Gasteiger charge is 2.79. The van der Waals surface area contributed by atoms with Crippen LogP contribution in [0.15, 0.2) is 0 Å². The highest BCUT2D eigenvalue weighted by atomic mass is 19.3. The third-order valence-electron chi connectivity index (χ3n) is 3.05. The molecule has 2 heterocycles. The van der Waals surface area contributed by atoms with Crippen LogP contribution in [-0.4, -0.2) is 18.1 Å². The monoisotopic (exact) mass is 146 g/mol. The van der Waals surface area contributed by atoms with Crippen LogP contribution in [0.5, 0.6) is 0 Å². The second-order valence-electron chi connectivity index (χ2n) is 3.52. The molecule has 0 aromatic carbocycles. The molecular formula is C7H8F2O. The lowest BCUT2D eigenvalue weighted by atomic mass is 10.0. The van der Waals surface area contributed by atoms with Gasteiger partial charge in [-0.3, -0.25) is 0 Å². The predicted molar refractivity (Wildman–Crippen MR) is 29.8 cm³/mol. The molecule has 3 heteroatoms. The second-order valence-corrected chi connectivity index (χ2v) is 3.52. The molecule has 1 saturated carbocycles. The van der Waals surface area contributed by atoms with Gasteiger partial charge in [0.05, 0.1) is 24.0 Å². The van der Waals surface area contributed by atoms with Crippen LogP contribution in [0.2, 0.25) is 0 Å². The summed E-state index contributed by atoms with van der Waals surface area (Å²) in [6, 6.07) is 0. The molecule has 3 fully saturated rings. The van der Waals surface area contributed by atoms with E-state index in [2.05, 4.69) is 0 Å². The molecule has 3 rings (SSSR count). The van der Waals surface area contributed by atoms with Crippen molar-refractivity contribution in [1.29, 1.82) is 0 Å². The first-order valence-corrected chi connectivity index (χ1v) is 3.74. The zero-order valence-electron chi connectivity index (χ0n) is 5.39. The number of halogens is 2. The van der Waals surface area contributed by atoms with Crippen molar-refractivity contribution < 1.29 is 13.5 Å². The van der Waals surface area contributed by atoms with E-state index in [1.807, 2.05) is 0 Å². The van der Waals surface area contributed by atoms with Gasteiger partial charge in [-0.05, 0) is 12.8 Å². The molecular weight excluding hydrogens is 138 g/mol. The molecule has 0 N–H and O–H groups in total. The minimum Gasteiger partial charge on any atom is -0.374 e. The predicted octanol–water partition coefficient (Wildman–Crippen LogP) is 1.43. The molecule has 0 radical (unpaired) electrons. The summed E-state index contributed by atoms with van der Waals surface area (Å²) in [5, 5.41) is 0. The Kier molecular flexibility index (Phi) is 0.680. The number of hydrogen-bond donors (Lipinski definition) is 0. The number of alkyl halides is 2. The van der Waals surface area contributed by atoms with Gasteiger partial charge in [0.25, 0.3) is 5.92 Å². The van der Waals surface area contributed by atoms with Gasteiger partial charge in [-0.1, -0.05) is 0 Å². The topological polar surface area (TPSA) is 9.23 Å². The van der Waals surface area contributed by atoms with Crippen molar-refractivity contribution in [3.8, 4) is 0 Å². The van der Waals surface area contributed by atoms with Gasteiger partial charge in [-0.25, -0.2) is 8.78 Å². The number of fused-ring (bicyclic) bond motifs is 5. The van der Waals surface area contributed by atoms with Gasteiger partial charge in [-0.15, -0.1) is 0 Å². The fraction of sp³-hybridized carbons (Fsp3) is 1.00. The van der Waals surface area contributed by atoms with E-state index in [1.165, 1.54) is 0 Å². The van der Waals surface area contributed by atoms with E-state index in [9.17, 15) is 8.78 Å². The Morgan fingerprint density at radius 2 is 1.60 bits per heavy atom. The van der Waals surface area contributed by atoms with Crippen LogP contribution >= 0.6 is 0 Å². The quantitative estimate of drug-likeness (QED) is 0.502. The summed E-state index contributed by atoms with van der Waals surface area (Å²) in [4.78, 5) is 0. The molecule has 0 spiro atoms. The molecule has 2 bridgehead atoms. The third-order valence-corrected chi connectivity index (χ3v) is 3.05. The van der Waals surface area contributed by atoms with Crippen LogP contribution in [0, 0.1) is 11.8 Å². The Hall–Kier alpha value is -0.180. The van der Waals surface area contributed by atoms with Gasteiger partial charge in [-0.2, -0.15) is 0 Å². The Balaban J connectivity index is 1.97. The summed E-state index contributed by atoms with van der Waals surface area (Å²) in [7, 11) is 0. The average molecular weight is 146 g/mol. The first-order chi connectivity index (χ1) is 4.71. The summed E-state index contributed by atoms with van der Waals surface area (Å²) < 4.78 is 30.7. The van der Waals surface area contributed by atoms with Crippen LogP contribution in [0.25, 0.3) is 0 Å². The first-order valence-electron chi connectivity index (χ1n) is 3.74. The zero-order valence-corrected chi connectivity index (χ0v) is 5.39. The molecule has 1 aliphatic carbocycles. The Morgan fingerprint density at radius 3 is 2.00 bits per heavy atom. The molecule has 1 nitrogen and oxygen atoms in total. The molecule has 56 valence electrons. The van der Waals surface area contributed by atoms with E-state index in [4.69, 9.17) is 4.74 Å². The highest BCUT2D eigenvalue weighted by Crippen LogP contribution is 2.68. The van der Waals surface area contributed by atoms with E-state index in [1.54, 1.807) is 0 Å². The Morgan fingerprint density at radius 1 is 1.10 bits per heavy atom. The standard InChI is InChI=1S/C7H8F2O/c8-7(9)5-3-1-2-4(10-3)6(5)7/h3-6H,1-2H2/t3-,4+,5-,6+. The smallest absolute Gasteiger partial charge is 0.259 e. The van der Waals surface area contributed by atoms with Crippen LogP contribution in [0.3, 0.4) is 0 Å². The van der Waals surface area contributed by atoms with Crippen LogP contribution in [0.4, 0.5) is 8.78 Å². The fourth-order valence-electron chi connectivity index (χ4n) is 2.55. The van der Waals surface area contributed by atoms with Gasteiger partial charge in [0.1, 0.15) is 0 Å². The van der Waals surface area contributed by atoms with Crippen molar-refractivity contribution in [2.75, 3.05) is 0 Å².